The molecule has 0 unspecified atom stereocenters. The molecule has 1 aliphatic rings. The quantitative estimate of drug-likeness (QED) is 0.288. The van der Waals surface area contributed by atoms with E-state index in [2.05, 4.69) is 10.9 Å². The summed E-state index contributed by atoms with van der Waals surface area (Å²) >= 11 is 6.41. The standard InChI is InChI=1S/C21H18N4O5S2/c1-13-6-8-14(9-7-13)12-17-20(28)24(21(31)32-17)11-10-18(26)22-23-19(27)15-4-2-3-5-16(15)25(29)30/h2-9,12H,10-11H2,1H3,(H,22,26)(H,23,27)/b17-12+. The number of aryl methyl sites for hydroxylation is 1. The van der Waals surface area contributed by atoms with Crippen molar-refractivity contribution in [2.75, 3.05) is 6.54 Å². The number of para-hydroxylation sites is 1. The topological polar surface area (TPSA) is 122 Å². The van der Waals surface area contributed by atoms with E-state index < -0.39 is 16.7 Å². The number of nitro groups is 1. The number of carbonyl (C=O) groups is 3. The molecule has 11 heteroatoms. The first-order valence-electron chi connectivity index (χ1n) is 9.41. The third kappa shape index (κ3) is 5.56. The van der Waals surface area contributed by atoms with Crippen LogP contribution in [0.3, 0.4) is 0 Å². The van der Waals surface area contributed by atoms with Crippen molar-refractivity contribution in [2.45, 2.75) is 13.3 Å². The van der Waals surface area contributed by atoms with Gasteiger partial charge in [0.15, 0.2) is 0 Å². The summed E-state index contributed by atoms with van der Waals surface area (Å²) in [6.07, 6.45) is 1.62. The minimum Gasteiger partial charge on any atom is -0.292 e. The van der Waals surface area contributed by atoms with Crippen LogP contribution in [0.15, 0.2) is 53.4 Å². The lowest BCUT2D eigenvalue weighted by Gasteiger charge is -2.14. The fraction of sp³-hybridized carbons (Fsp3) is 0.143. The molecule has 3 rings (SSSR count). The average Bonchev–Trinajstić information content (AvgIpc) is 3.04. The number of nitrogens with one attached hydrogen (secondary N) is 2. The largest absolute Gasteiger partial charge is 0.292 e. The van der Waals surface area contributed by atoms with E-state index in [-0.39, 0.29) is 30.1 Å². The predicted molar refractivity (Wildman–Crippen MR) is 124 cm³/mol. The number of thiocarbonyl (C=S) groups is 1. The molecule has 2 N–H and O–H groups in total. The molecular formula is C21H18N4O5S2. The second kappa shape index (κ2) is 10.2. The summed E-state index contributed by atoms with van der Waals surface area (Å²) < 4.78 is 0.338. The van der Waals surface area contributed by atoms with Gasteiger partial charge in [0, 0.05) is 19.0 Å². The lowest BCUT2D eigenvalue weighted by Crippen LogP contribution is -2.43. The Balaban J connectivity index is 1.54. The fourth-order valence-corrected chi connectivity index (χ4v) is 4.11. The van der Waals surface area contributed by atoms with Crippen LogP contribution < -0.4 is 10.9 Å². The number of nitro benzene ring substituents is 1. The number of hydrogen-bond acceptors (Lipinski definition) is 7. The van der Waals surface area contributed by atoms with Gasteiger partial charge in [-0.2, -0.15) is 0 Å². The fourth-order valence-electron chi connectivity index (χ4n) is 2.80. The molecule has 0 aromatic heterocycles. The highest BCUT2D eigenvalue weighted by molar-refractivity contribution is 8.26. The van der Waals surface area contributed by atoms with E-state index in [1.54, 1.807) is 6.08 Å². The Bertz CT molecular complexity index is 1130. The van der Waals surface area contributed by atoms with Gasteiger partial charge >= 0.3 is 0 Å². The van der Waals surface area contributed by atoms with Crippen molar-refractivity contribution in [3.8, 4) is 0 Å². The summed E-state index contributed by atoms with van der Waals surface area (Å²) in [5.74, 6) is -1.69. The van der Waals surface area contributed by atoms with Crippen molar-refractivity contribution in [1.29, 1.82) is 0 Å². The Morgan fingerprint density at radius 1 is 1.16 bits per heavy atom. The van der Waals surface area contributed by atoms with Gasteiger partial charge in [0.1, 0.15) is 9.88 Å². The first-order chi connectivity index (χ1) is 15.3. The van der Waals surface area contributed by atoms with Gasteiger partial charge in [0.2, 0.25) is 5.91 Å². The summed E-state index contributed by atoms with van der Waals surface area (Å²) in [7, 11) is 0. The van der Waals surface area contributed by atoms with Gasteiger partial charge in [-0.05, 0) is 24.6 Å². The highest BCUT2D eigenvalue weighted by atomic mass is 32.2. The van der Waals surface area contributed by atoms with E-state index in [9.17, 15) is 24.5 Å². The molecule has 2 aromatic carbocycles. The summed E-state index contributed by atoms with van der Waals surface area (Å²) in [5.41, 5.74) is 5.75. The molecule has 0 bridgehead atoms. The van der Waals surface area contributed by atoms with Crippen LogP contribution in [0, 0.1) is 17.0 Å². The Morgan fingerprint density at radius 3 is 2.53 bits per heavy atom. The third-order valence-electron chi connectivity index (χ3n) is 4.47. The van der Waals surface area contributed by atoms with Gasteiger partial charge in [0.25, 0.3) is 17.5 Å². The molecule has 32 heavy (non-hydrogen) atoms. The van der Waals surface area contributed by atoms with Crippen LogP contribution in [-0.2, 0) is 9.59 Å². The van der Waals surface area contributed by atoms with Crippen molar-refractivity contribution in [3.05, 3.63) is 80.2 Å². The summed E-state index contributed by atoms with van der Waals surface area (Å²) in [5, 5.41) is 11.0. The first kappa shape index (κ1) is 23.1. The van der Waals surface area contributed by atoms with Crippen molar-refractivity contribution < 1.29 is 19.3 Å². The maximum Gasteiger partial charge on any atom is 0.282 e. The van der Waals surface area contributed by atoms with E-state index in [4.69, 9.17) is 12.2 Å². The second-order valence-electron chi connectivity index (χ2n) is 6.77. The molecule has 0 aliphatic carbocycles. The molecule has 1 fully saturated rings. The van der Waals surface area contributed by atoms with E-state index in [0.29, 0.717) is 9.23 Å². The van der Waals surface area contributed by atoms with Crippen molar-refractivity contribution >= 4 is 57.8 Å². The molecule has 1 heterocycles. The van der Waals surface area contributed by atoms with Crippen LogP contribution in [-0.4, -0.2) is 38.4 Å². The Labute approximate surface area is 193 Å². The van der Waals surface area contributed by atoms with E-state index in [1.807, 2.05) is 31.2 Å². The van der Waals surface area contributed by atoms with Crippen molar-refractivity contribution in [1.82, 2.24) is 15.8 Å². The van der Waals surface area contributed by atoms with Crippen LogP contribution in [0.25, 0.3) is 6.08 Å². The number of rotatable bonds is 6. The number of hydrogen-bond donors (Lipinski definition) is 2. The molecule has 0 saturated carbocycles. The molecule has 2 aromatic rings. The molecule has 164 valence electrons. The van der Waals surface area contributed by atoms with Gasteiger partial charge in [-0.15, -0.1) is 0 Å². The molecule has 0 spiro atoms. The summed E-state index contributed by atoms with van der Waals surface area (Å²) in [6, 6.07) is 13.1. The van der Waals surface area contributed by atoms with Gasteiger partial charge in [-0.3, -0.25) is 40.2 Å². The average molecular weight is 471 g/mol. The van der Waals surface area contributed by atoms with E-state index in [1.165, 1.54) is 29.2 Å². The number of benzene rings is 2. The minimum atomic E-state index is -0.822. The Kier molecular flexibility index (Phi) is 7.33. The van der Waals surface area contributed by atoms with Crippen LogP contribution in [0.5, 0.6) is 0 Å². The molecule has 0 radical (unpaired) electrons. The van der Waals surface area contributed by atoms with Crippen molar-refractivity contribution in [3.63, 3.8) is 0 Å². The minimum absolute atomic E-state index is 0.0308. The highest BCUT2D eigenvalue weighted by Crippen LogP contribution is 2.32. The lowest BCUT2D eigenvalue weighted by molar-refractivity contribution is -0.385. The predicted octanol–water partition coefficient (Wildman–Crippen LogP) is 2.96. The van der Waals surface area contributed by atoms with Crippen LogP contribution in [0.4, 0.5) is 5.69 Å². The van der Waals surface area contributed by atoms with E-state index in [0.717, 1.165) is 22.9 Å². The zero-order valence-electron chi connectivity index (χ0n) is 16.9. The molecule has 1 saturated heterocycles. The molecule has 9 nitrogen and oxygen atoms in total. The van der Waals surface area contributed by atoms with Crippen LogP contribution >= 0.6 is 24.0 Å². The molecule has 0 atom stereocenters. The van der Waals surface area contributed by atoms with Crippen LogP contribution in [0.1, 0.15) is 27.9 Å². The third-order valence-corrected chi connectivity index (χ3v) is 5.85. The number of nitrogens with zero attached hydrogens (tertiary/aromatic N) is 2. The van der Waals surface area contributed by atoms with Gasteiger partial charge < -0.3 is 0 Å². The first-order valence-corrected chi connectivity index (χ1v) is 10.6. The monoisotopic (exact) mass is 470 g/mol. The Hall–Kier alpha value is -3.57. The van der Waals surface area contributed by atoms with Gasteiger partial charge in [0.05, 0.1) is 9.83 Å². The SMILES string of the molecule is Cc1ccc(/C=C2/SC(=S)N(CCC(=O)NNC(=O)c3ccccc3[N+](=O)[O-])C2=O)cc1. The van der Waals surface area contributed by atoms with Crippen molar-refractivity contribution in [2.24, 2.45) is 0 Å². The lowest BCUT2D eigenvalue weighted by atomic mass is 10.1. The summed E-state index contributed by atoms with van der Waals surface area (Å²) in [4.78, 5) is 49.0. The van der Waals surface area contributed by atoms with E-state index >= 15 is 0 Å². The molecule has 1 aliphatic heterocycles. The highest BCUT2D eigenvalue weighted by Gasteiger charge is 2.32. The maximum atomic E-state index is 12.6. The Morgan fingerprint density at radius 2 is 1.84 bits per heavy atom. The zero-order chi connectivity index (χ0) is 23.3. The summed E-state index contributed by atoms with van der Waals surface area (Å²) in [6.45, 7) is 2.00. The number of hydrazine groups is 1. The number of carbonyl (C=O) groups excluding carboxylic acids is 3. The smallest absolute Gasteiger partial charge is 0.282 e. The van der Waals surface area contributed by atoms with Gasteiger partial charge in [-0.25, -0.2) is 0 Å². The number of thioether (sulfide) groups is 1. The number of amides is 3. The maximum absolute atomic E-state index is 12.6. The second-order valence-corrected chi connectivity index (χ2v) is 8.45. The molecule has 3 amide bonds. The zero-order valence-corrected chi connectivity index (χ0v) is 18.5. The van der Waals surface area contributed by atoms with Crippen LogP contribution in [0.2, 0.25) is 0 Å². The van der Waals surface area contributed by atoms with Gasteiger partial charge in [-0.1, -0.05) is 65.9 Å². The molecular weight excluding hydrogens is 452 g/mol. The normalized spacial score (nSPS) is 14.5.